The fourth-order valence-corrected chi connectivity index (χ4v) is 3.88. The molecule has 2 heterocycles. The molecule has 0 saturated carbocycles. The maximum absolute atomic E-state index is 4.76. The number of rotatable bonds is 7. The number of likely N-dealkylation sites (N-methyl/N-ethyl adjacent to an activating group) is 1. The predicted octanol–water partition coefficient (Wildman–Crippen LogP) is 2.58. The van der Waals surface area contributed by atoms with Gasteiger partial charge in [0, 0.05) is 62.7 Å². The monoisotopic (exact) mass is 344 g/mol. The summed E-state index contributed by atoms with van der Waals surface area (Å²) in [6.45, 7) is 9.18. The van der Waals surface area contributed by atoms with Gasteiger partial charge in [-0.05, 0) is 14.0 Å². The van der Waals surface area contributed by atoms with Crippen LogP contribution in [0.25, 0.3) is 11.3 Å². The molecule has 0 aliphatic carbocycles. The van der Waals surface area contributed by atoms with Crippen LogP contribution in [0.4, 0.5) is 0 Å². The highest BCUT2D eigenvalue weighted by Gasteiger charge is 2.15. The third kappa shape index (κ3) is 5.11. The van der Waals surface area contributed by atoms with Crippen LogP contribution in [-0.2, 0) is 6.42 Å². The van der Waals surface area contributed by atoms with E-state index in [1.807, 2.05) is 6.07 Å². The van der Waals surface area contributed by atoms with Crippen molar-refractivity contribution in [2.75, 3.05) is 46.3 Å². The molecule has 1 saturated heterocycles. The average molecular weight is 345 g/mol. The zero-order valence-electron chi connectivity index (χ0n) is 14.7. The molecule has 3 rings (SSSR count). The number of hydrogen-bond acceptors (Lipinski definition) is 5. The van der Waals surface area contributed by atoms with Gasteiger partial charge in [-0.1, -0.05) is 30.3 Å². The summed E-state index contributed by atoms with van der Waals surface area (Å²) in [6.07, 6.45) is 1.00. The Hall–Kier alpha value is -1.27. The largest absolute Gasteiger partial charge is 0.313 e. The maximum atomic E-state index is 4.76. The van der Waals surface area contributed by atoms with E-state index in [2.05, 4.69) is 58.7 Å². The molecule has 24 heavy (non-hydrogen) atoms. The molecule has 1 unspecified atom stereocenters. The number of aromatic nitrogens is 1. The van der Waals surface area contributed by atoms with Crippen molar-refractivity contribution in [3.8, 4) is 11.3 Å². The zero-order valence-corrected chi connectivity index (χ0v) is 15.6. The Morgan fingerprint density at radius 1 is 1.17 bits per heavy atom. The molecule has 0 radical (unpaired) electrons. The van der Waals surface area contributed by atoms with Crippen LogP contribution < -0.4 is 5.32 Å². The molecular weight excluding hydrogens is 316 g/mol. The van der Waals surface area contributed by atoms with E-state index in [1.54, 1.807) is 11.3 Å². The Morgan fingerprint density at radius 2 is 1.92 bits per heavy atom. The van der Waals surface area contributed by atoms with Crippen molar-refractivity contribution >= 4 is 11.3 Å². The Bertz CT molecular complexity index is 605. The molecule has 1 aromatic carbocycles. The van der Waals surface area contributed by atoms with Crippen molar-refractivity contribution in [1.82, 2.24) is 20.1 Å². The average Bonchev–Trinajstić information content (AvgIpc) is 3.07. The van der Waals surface area contributed by atoms with Crippen LogP contribution in [0.3, 0.4) is 0 Å². The molecule has 4 nitrogen and oxygen atoms in total. The molecule has 1 atom stereocenters. The van der Waals surface area contributed by atoms with Crippen LogP contribution in [0.15, 0.2) is 35.7 Å². The third-order valence-corrected chi connectivity index (χ3v) is 5.49. The van der Waals surface area contributed by atoms with Gasteiger partial charge in [-0.3, -0.25) is 4.90 Å². The number of nitrogens with one attached hydrogen (secondary N) is 1. The van der Waals surface area contributed by atoms with E-state index in [0.29, 0.717) is 6.04 Å². The van der Waals surface area contributed by atoms with Crippen molar-refractivity contribution in [3.63, 3.8) is 0 Å². The van der Waals surface area contributed by atoms with E-state index in [1.165, 1.54) is 36.8 Å². The molecule has 1 fully saturated rings. The van der Waals surface area contributed by atoms with E-state index in [4.69, 9.17) is 4.98 Å². The van der Waals surface area contributed by atoms with Crippen LogP contribution in [0.5, 0.6) is 0 Å². The second kappa shape index (κ2) is 8.72. The Kier molecular flexibility index (Phi) is 6.37. The normalized spacial score (nSPS) is 17.9. The van der Waals surface area contributed by atoms with E-state index in [9.17, 15) is 0 Å². The third-order valence-electron chi connectivity index (χ3n) is 4.58. The van der Waals surface area contributed by atoms with Crippen molar-refractivity contribution in [2.45, 2.75) is 19.4 Å². The summed E-state index contributed by atoms with van der Waals surface area (Å²) in [5, 5.41) is 7.03. The number of nitrogens with zero attached hydrogens (tertiary/aromatic N) is 3. The molecule has 2 aromatic rings. The lowest BCUT2D eigenvalue weighted by molar-refractivity contribution is 0.144. The smallest absolute Gasteiger partial charge is 0.0945 e. The molecule has 0 bridgehead atoms. The Balaban J connectivity index is 1.39. The fourth-order valence-electron chi connectivity index (χ4n) is 3.08. The first-order chi connectivity index (χ1) is 11.7. The van der Waals surface area contributed by atoms with Gasteiger partial charge in [-0.15, -0.1) is 11.3 Å². The lowest BCUT2D eigenvalue weighted by Gasteiger charge is -2.34. The molecular formula is C19H28N4S. The number of hydrogen-bond donors (Lipinski definition) is 1. The van der Waals surface area contributed by atoms with Gasteiger partial charge in [0.25, 0.3) is 0 Å². The van der Waals surface area contributed by atoms with E-state index in [-0.39, 0.29) is 0 Å². The first kappa shape index (κ1) is 17.5. The summed E-state index contributed by atoms with van der Waals surface area (Å²) in [5.74, 6) is 0. The van der Waals surface area contributed by atoms with Crippen LogP contribution in [0, 0.1) is 0 Å². The van der Waals surface area contributed by atoms with Crippen LogP contribution in [-0.4, -0.2) is 67.1 Å². The fraction of sp³-hybridized carbons (Fsp3) is 0.526. The molecule has 1 aliphatic heterocycles. The second-order valence-corrected chi connectivity index (χ2v) is 7.64. The Labute approximate surface area is 149 Å². The first-order valence-corrected chi connectivity index (χ1v) is 9.73. The van der Waals surface area contributed by atoms with Gasteiger partial charge in [0.15, 0.2) is 0 Å². The van der Waals surface area contributed by atoms with Crippen LogP contribution in [0.1, 0.15) is 11.9 Å². The molecule has 1 aromatic heterocycles. The van der Waals surface area contributed by atoms with E-state index >= 15 is 0 Å². The zero-order chi connectivity index (χ0) is 16.8. The lowest BCUT2D eigenvalue weighted by Crippen LogP contribution is -2.49. The van der Waals surface area contributed by atoms with Crippen LogP contribution in [0.2, 0.25) is 0 Å². The minimum atomic E-state index is 0.530. The van der Waals surface area contributed by atoms with Gasteiger partial charge in [0.1, 0.15) is 0 Å². The van der Waals surface area contributed by atoms with Gasteiger partial charge in [0.05, 0.1) is 10.7 Å². The molecule has 1 aliphatic rings. The molecule has 0 amide bonds. The number of thiazole rings is 1. The summed E-state index contributed by atoms with van der Waals surface area (Å²) >= 11 is 1.76. The van der Waals surface area contributed by atoms with Gasteiger partial charge in [0.2, 0.25) is 0 Å². The summed E-state index contributed by atoms with van der Waals surface area (Å²) < 4.78 is 0. The second-order valence-electron chi connectivity index (χ2n) is 6.70. The summed E-state index contributed by atoms with van der Waals surface area (Å²) in [7, 11) is 2.21. The predicted molar refractivity (Wildman–Crippen MR) is 103 cm³/mol. The highest BCUT2D eigenvalue weighted by Crippen LogP contribution is 2.21. The van der Waals surface area contributed by atoms with E-state index < -0.39 is 0 Å². The standard InChI is InChI=1S/C19H28N4S/c1-16(14-23-12-10-22(2)11-13-23)20-9-8-19-21-18(15-24-19)17-6-4-3-5-7-17/h3-7,15-16,20H,8-14H2,1-2H3. The van der Waals surface area contributed by atoms with E-state index in [0.717, 1.165) is 25.2 Å². The molecule has 0 spiro atoms. The SMILES string of the molecule is CC(CN1CCN(C)CC1)NCCc1nc(-c2ccccc2)cs1. The minimum Gasteiger partial charge on any atom is -0.313 e. The van der Waals surface area contributed by atoms with Crippen molar-refractivity contribution in [2.24, 2.45) is 0 Å². The van der Waals surface area contributed by atoms with Gasteiger partial charge >= 0.3 is 0 Å². The maximum Gasteiger partial charge on any atom is 0.0945 e. The minimum absolute atomic E-state index is 0.530. The molecule has 130 valence electrons. The Morgan fingerprint density at radius 3 is 2.67 bits per heavy atom. The first-order valence-electron chi connectivity index (χ1n) is 8.85. The number of benzene rings is 1. The van der Waals surface area contributed by atoms with Gasteiger partial charge in [-0.25, -0.2) is 4.98 Å². The highest BCUT2D eigenvalue weighted by atomic mass is 32.1. The van der Waals surface area contributed by atoms with Crippen molar-refractivity contribution in [1.29, 1.82) is 0 Å². The van der Waals surface area contributed by atoms with Crippen LogP contribution >= 0.6 is 11.3 Å². The highest BCUT2D eigenvalue weighted by molar-refractivity contribution is 7.09. The topological polar surface area (TPSA) is 31.4 Å². The van der Waals surface area contributed by atoms with Gasteiger partial charge < -0.3 is 10.2 Å². The summed E-state index contributed by atoms with van der Waals surface area (Å²) in [6, 6.07) is 10.9. The number of piperazine rings is 1. The van der Waals surface area contributed by atoms with Crippen molar-refractivity contribution in [3.05, 3.63) is 40.7 Å². The summed E-state index contributed by atoms with van der Waals surface area (Å²) in [4.78, 5) is 9.73. The molecule has 5 heteroatoms. The van der Waals surface area contributed by atoms with Crippen molar-refractivity contribution < 1.29 is 0 Å². The summed E-state index contributed by atoms with van der Waals surface area (Å²) in [5.41, 5.74) is 2.30. The molecule has 1 N–H and O–H groups in total. The quantitative estimate of drug-likeness (QED) is 0.836. The van der Waals surface area contributed by atoms with Gasteiger partial charge in [-0.2, -0.15) is 0 Å². The lowest BCUT2D eigenvalue weighted by atomic mass is 10.2.